The van der Waals surface area contributed by atoms with Crippen LogP contribution in [0.15, 0.2) is 42.5 Å². The Balaban J connectivity index is 1.39. The van der Waals surface area contributed by atoms with Crippen LogP contribution in [0.25, 0.3) is 6.08 Å². The van der Waals surface area contributed by atoms with E-state index in [-0.39, 0.29) is 5.75 Å². The van der Waals surface area contributed by atoms with Crippen molar-refractivity contribution in [1.82, 2.24) is 0 Å². The minimum absolute atomic E-state index is 0.0290. The lowest BCUT2D eigenvalue weighted by molar-refractivity contribution is -0.323. The zero-order valence-electron chi connectivity index (χ0n) is 27.6. The fraction of sp³-hybridized carbons (Fsp3) is 0.545. The first-order valence-corrected chi connectivity index (χ1v) is 16.3. The molecule has 0 saturated carbocycles. The highest BCUT2D eigenvalue weighted by Gasteiger charge is 2.49. The summed E-state index contributed by atoms with van der Waals surface area (Å²) >= 11 is 0. The van der Waals surface area contributed by atoms with Crippen LogP contribution < -0.4 is 9.47 Å². The van der Waals surface area contributed by atoms with Gasteiger partial charge in [0.1, 0.15) is 102 Å². The monoisotopic (exact) mass is 758 g/mol. The van der Waals surface area contributed by atoms with Crippen LogP contribution >= 0.6 is 0 Å². The van der Waals surface area contributed by atoms with Crippen LogP contribution in [0, 0.1) is 0 Å². The number of aromatic hydroxyl groups is 2. The van der Waals surface area contributed by atoms with Gasteiger partial charge in [-0.15, -0.1) is 0 Å². The van der Waals surface area contributed by atoms with Crippen molar-refractivity contribution < 1.29 is 99.6 Å². The molecule has 2 aromatic carbocycles. The SMILES string of the molecule is O=C(/C=C/c1ccc(O)cc1)c1c(O)cc(O[C@@H]2OC(CO[C@@H]3OC(CO)[C@@H](O)[C@H](O)C3O)[C@@H](O)[C@H](O)C2O)cc1O[C@@H]1OC(CO)[C@@H](O)[C@H](O)C1O. The molecule has 3 fully saturated rings. The third kappa shape index (κ3) is 8.89. The topological polar surface area (TPSA) is 335 Å². The number of rotatable bonds is 12. The molecule has 294 valence electrons. The lowest BCUT2D eigenvalue weighted by Crippen LogP contribution is -2.62. The van der Waals surface area contributed by atoms with Crippen LogP contribution in [0.1, 0.15) is 15.9 Å². The summed E-state index contributed by atoms with van der Waals surface area (Å²) in [5.74, 6) is -2.64. The average molecular weight is 759 g/mol. The van der Waals surface area contributed by atoms with Gasteiger partial charge in [0.25, 0.3) is 0 Å². The van der Waals surface area contributed by atoms with Crippen molar-refractivity contribution in [3.8, 4) is 23.0 Å². The number of benzene rings is 2. The Bertz CT molecular complexity index is 1550. The number of hydrogen-bond acceptors (Lipinski definition) is 20. The molecule has 3 aliphatic rings. The summed E-state index contributed by atoms with van der Waals surface area (Å²) in [6.07, 6.45) is -23.8. The third-order valence-electron chi connectivity index (χ3n) is 8.91. The maximum atomic E-state index is 13.4. The van der Waals surface area contributed by atoms with Gasteiger partial charge in [0, 0.05) is 12.1 Å². The predicted octanol–water partition coefficient (Wildman–Crippen LogP) is -4.82. The second-order valence-corrected chi connectivity index (χ2v) is 12.6. The second-order valence-electron chi connectivity index (χ2n) is 12.6. The van der Waals surface area contributed by atoms with Gasteiger partial charge < -0.3 is 94.8 Å². The molecule has 20 nitrogen and oxygen atoms in total. The minimum Gasteiger partial charge on any atom is -0.508 e. The van der Waals surface area contributed by atoms with Gasteiger partial charge in [-0.05, 0) is 23.8 Å². The fourth-order valence-electron chi connectivity index (χ4n) is 5.80. The van der Waals surface area contributed by atoms with Crippen molar-refractivity contribution in [2.24, 2.45) is 0 Å². The molecule has 0 radical (unpaired) electrons. The van der Waals surface area contributed by atoms with E-state index < -0.39 is 141 Å². The van der Waals surface area contributed by atoms with E-state index in [0.717, 1.165) is 18.2 Å². The molecule has 3 saturated heterocycles. The Morgan fingerprint density at radius 1 is 0.623 bits per heavy atom. The van der Waals surface area contributed by atoms with E-state index in [9.17, 15) is 71.2 Å². The van der Waals surface area contributed by atoms with Crippen molar-refractivity contribution in [2.75, 3.05) is 19.8 Å². The van der Waals surface area contributed by atoms with Gasteiger partial charge in [-0.1, -0.05) is 18.2 Å². The van der Waals surface area contributed by atoms with Crippen molar-refractivity contribution in [1.29, 1.82) is 0 Å². The lowest BCUT2D eigenvalue weighted by atomic mass is 9.98. The maximum absolute atomic E-state index is 13.4. The molecule has 53 heavy (non-hydrogen) atoms. The number of allylic oxidation sites excluding steroid dienone is 1. The molecule has 0 amide bonds. The zero-order valence-corrected chi connectivity index (χ0v) is 27.6. The van der Waals surface area contributed by atoms with Gasteiger partial charge in [0.05, 0.1) is 19.8 Å². The van der Waals surface area contributed by atoms with Gasteiger partial charge in [-0.25, -0.2) is 0 Å². The summed E-state index contributed by atoms with van der Waals surface area (Å²) in [6.45, 7) is -2.24. The Morgan fingerprint density at radius 2 is 1.11 bits per heavy atom. The first kappa shape index (κ1) is 40.6. The van der Waals surface area contributed by atoms with Crippen LogP contribution in [0.3, 0.4) is 0 Å². The number of ether oxygens (including phenoxy) is 6. The average Bonchev–Trinajstić information content (AvgIpc) is 3.14. The summed E-state index contributed by atoms with van der Waals surface area (Å²) in [4.78, 5) is 13.4. The van der Waals surface area contributed by atoms with Crippen LogP contribution in [-0.4, -0.2) is 184 Å². The highest BCUT2D eigenvalue weighted by molar-refractivity contribution is 6.10. The van der Waals surface area contributed by atoms with Crippen LogP contribution in [0.2, 0.25) is 0 Å². The standard InChI is InChI=1S/C33H42O20/c34-9-18-22(39)25(42)28(45)31(51-18)48-11-20-24(41)27(44)29(46)32(53-20)49-14-7-16(38)21(15(37)6-3-12-1-4-13(36)5-2-12)17(8-14)50-33-30(47)26(43)23(40)19(10-35)52-33/h1-8,18-20,22-36,38-47H,9-11H2/b6-3+/t18?,19?,20?,22-,23-,24-,25+,26+,27+,28?,29?,30?,31-,32-,33-/m1/s1. The van der Waals surface area contributed by atoms with Crippen molar-refractivity contribution in [3.05, 3.63) is 53.6 Å². The fourth-order valence-corrected chi connectivity index (χ4v) is 5.80. The van der Waals surface area contributed by atoms with E-state index in [4.69, 9.17) is 28.4 Å². The summed E-state index contributed by atoms with van der Waals surface area (Å²) in [6, 6.07) is 7.59. The zero-order chi connectivity index (χ0) is 38.7. The van der Waals surface area contributed by atoms with Crippen LogP contribution in [0.5, 0.6) is 23.0 Å². The van der Waals surface area contributed by atoms with Gasteiger partial charge >= 0.3 is 0 Å². The molecular weight excluding hydrogens is 716 g/mol. The quantitative estimate of drug-likeness (QED) is 0.0713. The number of carbonyl (C=O) groups is 1. The molecular formula is C33H42O20. The first-order valence-electron chi connectivity index (χ1n) is 16.3. The van der Waals surface area contributed by atoms with Gasteiger partial charge in [0.15, 0.2) is 12.1 Å². The Labute approximate surface area is 300 Å². The molecule has 20 heteroatoms. The van der Waals surface area contributed by atoms with Crippen LogP contribution in [0.4, 0.5) is 0 Å². The number of phenolic OH excluding ortho intramolecular Hbond substituents is 2. The molecule has 0 aliphatic carbocycles. The summed E-state index contributed by atoms with van der Waals surface area (Å²) in [5.41, 5.74) is -0.0584. The number of hydrogen-bond donors (Lipinski definition) is 13. The van der Waals surface area contributed by atoms with Gasteiger partial charge in [0.2, 0.25) is 12.6 Å². The van der Waals surface area contributed by atoms with E-state index in [1.807, 2.05) is 0 Å². The number of carbonyl (C=O) groups excluding carboxylic acids is 1. The third-order valence-corrected chi connectivity index (χ3v) is 8.91. The molecule has 0 aromatic heterocycles. The Hall–Kier alpha value is -3.55. The molecule has 0 bridgehead atoms. The summed E-state index contributed by atoms with van der Waals surface area (Å²) in [5, 5.41) is 133. The molecule has 0 spiro atoms. The summed E-state index contributed by atoms with van der Waals surface area (Å²) in [7, 11) is 0. The van der Waals surface area contributed by atoms with Gasteiger partial charge in [-0.2, -0.15) is 0 Å². The highest BCUT2D eigenvalue weighted by Crippen LogP contribution is 2.38. The van der Waals surface area contributed by atoms with Crippen molar-refractivity contribution in [2.45, 2.75) is 92.1 Å². The molecule has 6 unspecified atom stereocenters. The van der Waals surface area contributed by atoms with Crippen molar-refractivity contribution in [3.63, 3.8) is 0 Å². The summed E-state index contributed by atoms with van der Waals surface area (Å²) < 4.78 is 33.0. The van der Waals surface area contributed by atoms with Crippen molar-refractivity contribution >= 4 is 11.9 Å². The molecule has 2 aromatic rings. The van der Waals surface area contributed by atoms with Gasteiger partial charge in [-0.3, -0.25) is 4.79 Å². The number of phenols is 2. The highest BCUT2D eigenvalue weighted by atomic mass is 16.7. The molecule has 15 atom stereocenters. The maximum Gasteiger partial charge on any atom is 0.229 e. The lowest BCUT2D eigenvalue weighted by Gasteiger charge is -2.42. The Kier molecular flexibility index (Phi) is 13.2. The first-order chi connectivity index (χ1) is 25.1. The number of ketones is 1. The number of aliphatic hydroxyl groups excluding tert-OH is 11. The predicted molar refractivity (Wildman–Crippen MR) is 171 cm³/mol. The molecule has 3 aliphatic heterocycles. The van der Waals surface area contributed by atoms with E-state index in [2.05, 4.69) is 0 Å². The molecule has 3 heterocycles. The largest absolute Gasteiger partial charge is 0.508 e. The van der Waals surface area contributed by atoms with E-state index in [1.165, 1.54) is 30.3 Å². The molecule has 5 rings (SSSR count). The minimum atomic E-state index is -1.96. The Morgan fingerprint density at radius 3 is 1.68 bits per heavy atom. The van der Waals surface area contributed by atoms with E-state index in [0.29, 0.717) is 5.56 Å². The second kappa shape index (κ2) is 17.3. The van der Waals surface area contributed by atoms with E-state index >= 15 is 0 Å². The molecule has 13 N–H and O–H groups in total. The van der Waals surface area contributed by atoms with E-state index in [1.54, 1.807) is 0 Å². The number of aliphatic hydroxyl groups is 11. The normalized spacial score (nSPS) is 37.8. The smallest absolute Gasteiger partial charge is 0.229 e. The van der Waals surface area contributed by atoms with Crippen LogP contribution in [-0.2, 0) is 18.9 Å².